The second-order valence-electron chi connectivity index (χ2n) is 6.04. The van der Waals surface area contributed by atoms with Gasteiger partial charge in [0.1, 0.15) is 5.82 Å². The first-order chi connectivity index (χ1) is 13.6. The third-order valence-electron chi connectivity index (χ3n) is 4.05. The van der Waals surface area contributed by atoms with Gasteiger partial charge in [0.15, 0.2) is 16.8 Å². The Morgan fingerprint density at radius 1 is 0.893 bits per heavy atom. The Morgan fingerprint density at radius 3 is 2.46 bits per heavy atom. The van der Waals surface area contributed by atoms with Crippen molar-refractivity contribution in [2.75, 3.05) is 5.32 Å². The summed E-state index contributed by atoms with van der Waals surface area (Å²) in [7, 11) is 0. The lowest BCUT2D eigenvalue weighted by atomic mass is 10.2. The summed E-state index contributed by atoms with van der Waals surface area (Å²) in [5, 5.41) is 5.14. The Labute approximate surface area is 169 Å². The maximum Gasteiger partial charge on any atom is 0.190 e. The number of nitrogens with one attached hydrogen (secondary N) is 1. The molecule has 0 radical (unpaired) electrons. The molecule has 0 aliphatic rings. The van der Waals surface area contributed by atoms with Gasteiger partial charge in [-0.1, -0.05) is 47.6 Å². The van der Waals surface area contributed by atoms with Crippen molar-refractivity contribution in [3.8, 4) is 0 Å². The van der Waals surface area contributed by atoms with Crippen LogP contribution in [0.1, 0.15) is 5.56 Å². The predicted octanol–water partition coefficient (Wildman–Crippen LogP) is 6.60. The van der Waals surface area contributed by atoms with Crippen molar-refractivity contribution in [1.29, 1.82) is 0 Å². The highest BCUT2D eigenvalue weighted by Gasteiger charge is 2.10. The standard InChI is InChI=1S/C21H14ClF2N3S/c22-14-7-5-13(6-8-14)12-28-21-26-19-4-2-1-3-16(19)20(27-21)25-15-9-10-17(23)18(24)11-15/h1-11H,12H2,(H,25,26,27). The van der Waals surface area contributed by atoms with Crippen LogP contribution < -0.4 is 5.32 Å². The van der Waals surface area contributed by atoms with E-state index in [1.807, 2.05) is 48.5 Å². The van der Waals surface area contributed by atoms with Crippen molar-refractivity contribution in [3.63, 3.8) is 0 Å². The highest BCUT2D eigenvalue weighted by Crippen LogP contribution is 2.29. The highest BCUT2D eigenvalue weighted by atomic mass is 35.5. The number of hydrogen-bond donors (Lipinski definition) is 1. The summed E-state index contributed by atoms with van der Waals surface area (Å²) in [6.07, 6.45) is 0. The van der Waals surface area contributed by atoms with Gasteiger partial charge in [0.25, 0.3) is 0 Å². The Hall–Kier alpha value is -2.70. The zero-order valence-electron chi connectivity index (χ0n) is 14.5. The van der Waals surface area contributed by atoms with Crippen LogP contribution in [0.5, 0.6) is 0 Å². The van der Waals surface area contributed by atoms with E-state index >= 15 is 0 Å². The molecule has 1 N–H and O–H groups in total. The molecular weight excluding hydrogens is 400 g/mol. The number of aromatic nitrogens is 2. The molecule has 1 aromatic heterocycles. The second-order valence-corrected chi connectivity index (χ2v) is 7.42. The molecule has 0 unspecified atom stereocenters. The second kappa shape index (κ2) is 8.12. The van der Waals surface area contributed by atoms with Gasteiger partial charge in [-0.15, -0.1) is 0 Å². The van der Waals surface area contributed by atoms with E-state index < -0.39 is 11.6 Å². The molecule has 0 aliphatic carbocycles. The van der Waals surface area contributed by atoms with Gasteiger partial charge in [0.2, 0.25) is 0 Å². The van der Waals surface area contributed by atoms with Crippen LogP contribution in [-0.4, -0.2) is 9.97 Å². The van der Waals surface area contributed by atoms with Crippen molar-refractivity contribution in [1.82, 2.24) is 9.97 Å². The summed E-state index contributed by atoms with van der Waals surface area (Å²) in [6, 6.07) is 18.8. The van der Waals surface area contributed by atoms with Crippen molar-refractivity contribution in [2.24, 2.45) is 0 Å². The highest BCUT2D eigenvalue weighted by molar-refractivity contribution is 7.98. The van der Waals surface area contributed by atoms with Crippen molar-refractivity contribution >= 4 is 45.8 Å². The average Bonchev–Trinajstić information content (AvgIpc) is 2.70. The van der Waals surface area contributed by atoms with Gasteiger partial charge in [-0.2, -0.15) is 0 Å². The lowest BCUT2D eigenvalue weighted by Crippen LogP contribution is -1.99. The molecule has 0 aliphatic heterocycles. The molecule has 0 atom stereocenters. The maximum atomic E-state index is 13.6. The topological polar surface area (TPSA) is 37.8 Å². The van der Waals surface area contributed by atoms with Crippen LogP contribution in [0.3, 0.4) is 0 Å². The third-order valence-corrected chi connectivity index (χ3v) is 5.22. The van der Waals surface area contributed by atoms with Crippen LogP contribution >= 0.6 is 23.4 Å². The van der Waals surface area contributed by atoms with Gasteiger partial charge < -0.3 is 5.32 Å². The van der Waals surface area contributed by atoms with Gasteiger partial charge in [-0.25, -0.2) is 18.7 Å². The summed E-state index contributed by atoms with van der Waals surface area (Å²) in [5.41, 5.74) is 2.28. The molecule has 3 aromatic carbocycles. The van der Waals surface area contributed by atoms with Crippen molar-refractivity contribution in [3.05, 3.63) is 89.0 Å². The predicted molar refractivity (Wildman–Crippen MR) is 110 cm³/mol. The van der Waals surface area contributed by atoms with E-state index in [-0.39, 0.29) is 0 Å². The van der Waals surface area contributed by atoms with E-state index in [4.69, 9.17) is 11.6 Å². The molecule has 0 fully saturated rings. The fourth-order valence-electron chi connectivity index (χ4n) is 2.65. The maximum absolute atomic E-state index is 13.6. The minimum Gasteiger partial charge on any atom is -0.339 e. The first kappa shape index (κ1) is 18.7. The fourth-order valence-corrected chi connectivity index (χ4v) is 3.59. The van der Waals surface area contributed by atoms with E-state index in [1.165, 1.54) is 17.8 Å². The number of rotatable bonds is 5. The number of hydrogen-bond acceptors (Lipinski definition) is 4. The largest absolute Gasteiger partial charge is 0.339 e. The fraction of sp³-hybridized carbons (Fsp3) is 0.0476. The lowest BCUT2D eigenvalue weighted by molar-refractivity contribution is 0.509. The number of fused-ring (bicyclic) bond motifs is 1. The molecule has 1 heterocycles. The normalized spacial score (nSPS) is 11.0. The molecule has 3 nitrogen and oxygen atoms in total. The third kappa shape index (κ3) is 4.24. The van der Waals surface area contributed by atoms with Crippen LogP contribution in [0.4, 0.5) is 20.3 Å². The minimum absolute atomic E-state index is 0.413. The number of nitrogens with zero attached hydrogens (tertiary/aromatic N) is 2. The molecule has 4 rings (SSSR count). The molecule has 0 saturated carbocycles. The monoisotopic (exact) mass is 413 g/mol. The van der Waals surface area contributed by atoms with Crippen LogP contribution in [0.25, 0.3) is 10.9 Å². The summed E-state index contributed by atoms with van der Waals surface area (Å²) >= 11 is 7.41. The van der Waals surface area contributed by atoms with Crippen LogP contribution in [-0.2, 0) is 5.75 Å². The summed E-state index contributed by atoms with van der Waals surface area (Å²) in [6.45, 7) is 0. The number of thioether (sulfide) groups is 1. The van der Waals surface area contributed by atoms with E-state index in [0.29, 0.717) is 27.4 Å². The van der Waals surface area contributed by atoms with Crippen molar-refractivity contribution < 1.29 is 8.78 Å². The smallest absolute Gasteiger partial charge is 0.190 e. The molecule has 4 aromatic rings. The Kier molecular flexibility index (Phi) is 5.41. The SMILES string of the molecule is Fc1ccc(Nc2nc(SCc3ccc(Cl)cc3)nc3ccccc23)cc1F. The zero-order chi connectivity index (χ0) is 19.5. The Balaban J connectivity index is 1.64. The van der Waals surface area contributed by atoms with Gasteiger partial charge in [0, 0.05) is 27.9 Å². The van der Waals surface area contributed by atoms with E-state index in [1.54, 1.807) is 0 Å². The molecule has 140 valence electrons. The van der Waals surface area contributed by atoms with E-state index in [9.17, 15) is 8.78 Å². The van der Waals surface area contributed by atoms with E-state index in [0.717, 1.165) is 28.6 Å². The van der Waals surface area contributed by atoms with Gasteiger partial charge >= 0.3 is 0 Å². The molecular formula is C21H14ClF2N3S. The number of halogens is 3. The molecule has 0 amide bonds. The summed E-state index contributed by atoms with van der Waals surface area (Å²) in [5.74, 6) is -0.589. The first-order valence-electron chi connectivity index (χ1n) is 8.44. The first-order valence-corrected chi connectivity index (χ1v) is 9.81. The van der Waals surface area contributed by atoms with Crippen LogP contribution in [0.15, 0.2) is 71.9 Å². The number of benzene rings is 3. The summed E-state index contributed by atoms with van der Waals surface area (Å²) < 4.78 is 26.8. The van der Waals surface area contributed by atoms with Gasteiger partial charge in [-0.3, -0.25) is 0 Å². The summed E-state index contributed by atoms with van der Waals surface area (Å²) in [4.78, 5) is 9.17. The molecule has 7 heteroatoms. The van der Waals surface area contributed by atoms with E-state index in [2.05, 4.69) is 15.3 Å². The molecule has 28 heavy (non-hydrogen) atoms. The van der Waals surface area contributed by atoms with Gasteiger partial charge in [0.05, 0.1) is 5.52 Å². The average molecular weight is 414 g/mol. The van der Waals surface area contributed by atoms with Crippen molar-refractivity contribution in [2.45, 2.75) is 10.9 Å². The molecule has 0 spiro atoms. The molecule has 0 bridgehead atoms. The Morgan fingerprint density at radius 2 is 1.68 bits per heavy atom. The quantitative estimate of drug-likeness (QED) is 0.295. The number of anilines is 2. The van der Waals surface area contributed by atoms with Crippen LogP contribution in [0, 0.1) is 11.6 Å². The number of para-hydroxylation sites is 1. The zero-order valence-corrected chi connectivity index (χ0v) is 16.1. The lowest BCUT2D eigenvalue weighted by Gasteiger charge is -2.11. The van der Waals surface area contributed by atoms with Crippen LogP contribution in [0.2, 0.25) is 5.02 Å². The molecule has 0 saturated heterocycles. The van der Waals surface area contributed by atoms with Gasteiger partial charge in [-0.05, 0) is 42.0 Å². The minimum atomic E-state index is -0.916. The Bertz CT molecular complexity index is 1140.